The minimum atomic E-state index is 0.0259. The SMILES string of the molecule is Cc1cc(Br)ccc1C(=O)NC1CCC(Cl)CC1. The van der Waals surface area contributed by atoms with Crippen molar-refractivity contribution in [2.75, 3.05) is 0 Å². The van der Waals surface area contributed by atoms with Crippen LogP contribution in [0.4, 0.5) is 0 Å². The molecule has 0 saturated heterocycles. The minimum Gasteiger partial charge on any atom is -0.349 e. The van der Waals surface area contributed by atoms with Crippen molar-refractivity contribution >= 4 is 33.4 Å². The van der Waals surface area contributed by atoms with Crippen LogP contribution < -0.4 is 5.32 Å². The molecule has 0 radical (unpaired) electrons. The van der Waals surface area contributed by atoms with Crippen LogP contribution in [-0.4, -0.2) is 17.3 Å². The van der Waals surface area contributed by atoms with Gasteiger partial charge in [-0.1, -0.05) is 15.9 Å². The Morgan fingerprint density at radius 2 is 2.00 bits per heavy atom. The van der Waals surface area contributed by atoms with E-state index in [1.165, 1.54) is 0 Å². The van der Waals surface area contributed by atoms with Crippen LogP contribution in [0.5, 0.6) is 0 Å². The summed E-state index contributed by atoms with van der Waals surface area (Å²) in [6.45, 7) is 1.95. The van der Waals surface area contributed by atoms with E-state index < -0.39 is 0 Å². The highest BCUT2D eigenvalue weighted by Crippen LogP contribution is 2.23. The van der Waals surface area contributed by atoms with E-state index in [0.717, 1.165) is 41.3 Å². The molecule has 0 aromatic heterocycles. The Morgan fingerprint density at radius 3 is 2.61 bits per heavy atom. The van der Waals surface area contributed by atoms with Crippen LogP contribution in [0.3, 0.4) is 0 Å². The lowest BCUT2D eigenvalue weighted by Crippen LogP contribution is -2.38. The number of alkyl halides is 1. The van der Waals surface area contributed by atoms with E-state index in [9.17, 15) is 4.79 Å². The Hall–Kier alpha value is -0.540. The van der Waals surface area contributed by atoms with Gasteiger partial charge in [0.1, 0.15) is 0 Å². The fourth-order valence-electron chi connectivity index (χ4n) is 2.34. The topological polar surface area (TPSA) is 29.1 Å². The molecular weight excluding hydrogens is 314 g/mol. The summed E-state index contributed by atoms with van der Waals surface area (Å²) in [5.74, 6) is 0.0259. The summed E-state index contributed by atoms with van der Waals surface area (Å²) >= 11 is 9.46. The lowest BCUT2D eigenvalue weighted by Gasteiger charge is -2.26. The van der Waals surface area contributed by atoms with Gasteiger partial charge in [-0.15, -0.1) is 11.6 Å². The zero-order chi connectivity index (χ0) is 13.1. The van der Waals surface area contributed by atoms with Crippen LogP contribution in [-0.2, 0) is 0 Å². The maximum atomic E-state index is 12.2. The van der Waals surface area contributed by atoms with Crippen LogP contribution >= 0.6 is 27.5 Å². The first-order chi connectivity index (χ1) is 8.56. The van der Waals surface area contributed by atoms with Gasteiger partial charge >= 0.3 is 0 Å². The lowest BCUT2D eigenvalue weighted by atomic mass is 9.94. The smallest absolute Gasteiger partial charge is 0.251 e. The number of hydrogen-bond acceptors (Lipinski definition) is 1. The molecule has 18 heavy (non-hydrogen) atoms. The van der Waals surface area contributed by atoms with Gasteiger partial charge in [-0.25, -0.2) is 0 Å². The number of carbonyl (C=O) groups is 1. The molecule has 1 saturated carbocycles. The monoisotopic (exact) mass is 329 g/mol. The average Bonchev–Trinajstić information content (AvgIpc) is 2.32. The number of halogens is 2. The van der Waals surface area contributed by atoms with Crippen molar-refractivity contribution in [2.24, 2.45) is 0 Å². The molecule has 1 aliphatic carbocycles. The lowest BCUT2D eigenvalue weighted by molar-refractivity contribution is 0.0927. The standard InChI is InChI=1S/C14H17BrClNO/c1-9-8-10(15)2-7-13(9)14(18)17-12-5-3-11(16)4-6-12/h2,7-8,11-12H,3-6H2,1H3,(H,17,18). The Kier molecular flexibility index (Phi) is 4.68. The molecule has 2 nitrogen and oxygen atoms in total. The van der Waals surface area contributed by atoms with E-state index in [4.69, 9.17) is 11.6 Å². The Bertz CT molecular complexity index is 441. The van der Waals surface area contributed by atoms with E-state index in [-0.39, 0.29) is 17.3 Å². The fraction of sp³-hybridized carbons (Fsp3) is 0.500. The molecular formula is C14H17BrClNO. The maximum absolute atomic E-state index is 12.2. The van der Waals surface area contributed by atoms with Gasteiger partial charge in [-0.05, 0) is 56.4 Å². The summed E-state index contributed by atoms with van der Waals surface area (Å²) in [5.41, 5.74) is 1.75. The van der Waals surface area contributed by atoms with Gasteiger partial charge in [-0.2, -0.15) is 0 Å². The van der Waals surface area contributed by atoms with Crippen molar-refractivity contribution < 1.29 is 4.79 Å². The Morgan fingerprint density at radius 1 is 1.33 bits per heavy atom. The zero-order valence-corrected chi connectivity index (χ0v) is 12.7. The number of hydrogen-bond donors (Lipinski definition) is 1. The molecule has 0 heterocycles. The van der Waals surface area contributed by atoms with Crippen molar-refractivity contribution in [3.63, 3.8) is 0 Å². The van der Waals surface area contributed by atoms with E-state index in [1.54, 1.807) is 0 Å². The molecule has 1 aliphatic rings. The highest BCUT2D eigenvalue weighted by molar-refractivity contribution is 9.10. The molecule has 1 N–H and O–H groups in total. The molecule has 0 unspecified atom stereocenters. The van der Waals surface area contributed by atoms with Crippen molar-refractivity contribution in [3.05, 3.63) is 33.8 Å². The second-order valence-corrected chi connectivity index (χ2v) is 6.41. The normalized spacial score (nSPS) is 23.7. The number of benzene rings is 1. The van der Waals surface area contributed by atoms with Crippen LogP contribution in [0.2, 0.25) is 0 Å². The molecule has 0 aliphatic heterocycles. The van der Waals surface area contributed by atoms with Crippen molar-refractivity contribution in [3.8, 4) is 0 Å². The molecule has 0 bridgehead atoms. The van der Waals surface area contributed by atoms with Gasteiger partial charge in [-0.3, -0.25) is 4.79 Å². The quantitative estimate of drug-likeness (QED) is 0.815. The van der Waals surface area contributed by atoms with Crippen molar-refractivity contribution in [1.29, 1.82) is 0 Å². The van der Waals surface area contributed by atoms with Gasteiger partial charge in [0.15, 0.2) is 0 Å². The summed E-state index contributed by atoms with van der Waals surface area (Å²) < 4.78 is 0.999. The van der Waals surface area contributed by atoms with Crippen LogP contribution in [0.25, 0.3) is 0 Å². The fourth-order valence-corrected chi connectivity index (χ4v) is 3.07. The third-order valence-electron chi connectivity index (χ3n) is 3.43. The van der Waals surface area contributed by atoms with Crippen molar-refractivity contribution in [1.82, 2.24) is 5.32 Å². The number of rotatable bonds is 2. The third kappa shape index (κ3) is 3.48. The number of carbonyl (C=O) groups excluding carboxylic acids is 1. The van der Waals surface area contributed by atoms with Crippen molar-refractivity contribution in [2.45, 2.75) is 44.0 Å². The Balaban J connectivity index is 1.99. The molecule has 98 valence electrons. The molecule has 0 atom stereocenters. The first kappa shape index (κ1) is 13.9. The minimum absolute atomic E-state index is 0.0259. The highest BCUT2D eigenvalue weighted by Gasteiger charge is 2.21. The van der Waals surface area contributed by atoms with E-state index in [0.29, 0.717) is 0 Å². The Labute approximate surface area is 121 Å². The molecule has 1 amide bonds. The van der Waals surface area contributed by atoms with Gasteiger partial charge in [0.2, 0.25) is 0 Å². The summed E-state index contributed by atoms with van der Waals surface area (Å²) in [6.07, 6.45) is 3.95. The molecule has 1 aromatic rings. The van der Waals surface area contributed by atoms with Crippen LogP contribution in [0.1, 0.15) is 41.6 Å². The van der Waals surface area contributed by atoms with E-state index in [2.05, 4.69) is 21.2 Å². The summed E-state index contributed by atoms with van der Waals surface area (Å²) in [6, 6.07) is 6.00. The van der Waals surface area contributed by atoms with E-state index in [1.807, 2.05) is 25.1 Å². The largest absolute Gasteiger partial charge is 0.349 e. The zero-order valence-electron chi connectivity index (χ0n) is 10.4. The van der Waals surface area contributed by atoms with Gasteiger partial charge in [0.25, 0.3) is 5.91 Å². The van der Waals surface area contributed by atoms with Gasteiger partial charge in [0.05, 0.1) is 0 Å². The molecule has 1 fully saturated rings. The molecule has 2 rings (SSSR count). The second kappa shape index (κ2) is 6.07. The average molecular weight is 331 g/mol. The number of amides is 1. The maximum Gasteiger partial charge on any atom is 0.251 e. The predicted molar refractivity (Wildman–Crippen MR) is 78.2 cm³/mol. The number of nitrogens with one attached hydrogen (secondary N) is 1. The first-order valence-corrected chi connectivity index (χ1v) is 7.50. The number of aryl methyl sites for hydroxylation is 1. The first-order valence-electron chi connectivity index (χ1n) is 6.27. The second-order valence-electron chi connectivity index (χ2n) is 4.88. The summed E-state index contributed by atoms with van der Waals surface area (Å²) in [7, 11) is 0. The van der Waals surface area contributed by atoms with Crippen LogP contribution in [0, 0.1) is 6.92 Å². The highest BCUT2D eigenvalue weighted by atomic mass is 79.9. The van der Waals surface area contributed by atoms with Gasteiger partial charge in [0, 0.05) is 21.5 Å². The van der Waals surface area contributed by atoms with Gasteiger partial charge < -0.3 is 5.32 Å². The predicted octanol–water partition coefficient (Wildman–Crippen LogP) is 4.04. The van der Waals surface area contributed by atoms with Crippen LogP contribution in [0.15, 0.2) is 22.7 Å². The third-order valence-corrected chi connectivity index (χ3v) is 4.35. The summed E-state index contributed by atoms with van der Waals surface area (Å²) in [5, 5.41) is 3.39. The molecule has 4 heteroatoms. The summed E-state index contributed by atoms with van der Waals surface area (Å²) in [4.78, 5) is 12.2. The molecule has 1 aromatic carbocycles. The van der Waals surface area contributed by atoms with E-state index >= 15 is 0 Å². The molecule has 0 spiro atoms.